The van der Waals surface area contributed by atoms with Crippen molar-refractivity contribution in [1.29, 1.82) is 0 Å². The van der Waals surface area contributed by atoms with E-state index in [1.54, 1.807) is 0 Å². The van der Waals surface area contributed by atoms with E-state index in [1.807, 2.05) is 23.8 Å². The first-order valence-electron chi connectivity index (χ1n) is 8.58. The van der Waals surface area contributed by atoms with Gasteiger partial charge < -0.3 is 10.2 Å². The second-order valence-corrected chi connectivity index (χ2v) is 6.64. The van der Waals surface area contributed by atoms with Crippen LogP contribution < -0.4 is 10.2 Å². The standard InChI is InChI=1S/C19H23N5/c1-14-4-3-5-17(12-14)21-16-6-9-23(10-7-16)19-18-13-15(2)22-24(18)11-8-20-19/h3-5,8,11-13,16,21H,6-7,9-10H2,1-2H3. The van der Waals surface area contributed by atoms with Gasteiger partial charge >= 0.3 is 0 Å². The first kappa shape index (κ1) is 15.0. The summed E-state index contributed by atoms with van der Waals surface area (Å²) in [6.45, 7) is 6.18. The van der Waals surface area contributed by atoms with Gasteiger partial charge in [0.05, 0.1) is 5.69 Å². The molecule has 3 heterocycles. The lowest BCUT2D eigenvalue weighted by atomic mass is 10.0. The quantitative estimate of drug-likeness (QED) is 0.803. The minimum Gasteiger partial charge on any atom is -0.382 e. The van der Waals surface area contributed by atoms with Gasteiger partial charge in [-0.05, 0) is 50.5 Å². The molecule has 1 N–H and O–H groups in total. The molecule has 0 amide bonds. The molecule has 4 rings (SSSR count). The number of piperidine rings is 1. The fraction of sp³-hybridized carbons (Fsp3) is 0.368. The van der Waals surface area contributed by atoms with Gasteiger partial charge in [-0.15, -0.1) is 0 Å². The summed E-state index contributed by atoms with van der Waals surface area (Å²) < 4.78 is 1.93. The Labute approximate surface area is 142 Å². The van der Waals surface area contributed by atoms with E-state index in [2.05, 4.69) is 57.6 Å². The van der Waals surface area contributed by atoms with Crippen molar-refractivity contribution in [1.82, 2.24) is 14.6 Å². The van der Waals surface area contributed by atoms with Crippen LogP contribution in [-0.4, -0.2) is 33.7 Å². The zero-order valence-corrected chi connectivity index (χ0v) is 14.2. The summed E-state index contributed by atoms with van der Waals surface area (Å²) in [6, 6.07) is 11.2. The van der Waals surface area contributed by atoms with Crippen LogP contribution in [0.4, 0.5) is 11.5 Å². The molecule has 0 aliphatic carbocycles. The smallest absolute Gasteiger partial charge is 0.154 e. The number of nitrogens with one attached hydrogen (secondary N) is 1. The maximum atomic E-state index is 4.61. The van der Waals surface area contributed by atoms with E-state index in [9.17, 15) is 0 Å². The van der Waals surface area contributed by atoms with Crippen molar-refractivity contribution < 1.29 is 0 Å². The average Bonchev–Trinajstić information content (AvgIpc) is 2.96. The average molecular weight is 321 g/mol. The molecule has 1 saturated heterocycles. The van der Waals surface area contributed by atoms with Crippen LogP contribution >= 0.6 is 0 Å². The Bertz CT molecular complexity index is 846. The van der Waals surface area contributed by atoms with Crippen molar-refractivity contribution in [3.63, 3.8) is 0 Å². The lowest BCUT2D eigenvalue weighted by molar-refractivity contribution is 0.524. The highest BCUT2D eigenvalue weighted by molar-refractivity contribution is 5.69. The Morgan fingerprint density at radius 3 is 2.75 bits per heavy atom. The Morgan fingerprint density at radius 2 is 1.96 bits per heavy atom. The van der Waals surface area contributed by atoms with Gasteiger partial charge in [0, 0.05) is 37.2 Å². The number of aromatic nitrogens is 3. The van der Waals surface area contributed by atoms with Crippen LogP contribution in [0.3, 0.4) is 0 Å². The third kappa shape index (κ3) is 2.94. The Balaban J connectivity index is 1.45. The number of hydrogen-bond acceptors (Lipinski definition) is 4. The van der Waals surface area contributed by atoms with E-state index in [0.717, 1.165) is 43.0 Å². The van der Waals surface area contributed by atoms with Gasteiger partial charge in [-0.2, -0.15) is 5.10 Å². The zero-order chi connectivity index (χ0) is 16.5. The molecule has 0 bridgehead atoms. The van der Waals surface area contributed by atoms with Crippen molar-refractivity contribution in [3.8, 4) is 0 Å². The Kier molecular flexibility index (Phi) is 3.84. The van der Waals surface area contributed by atoms with E-state index in [0.29, 0.717) is 6.04 Å². The van der Waals surface area contributed by atoms with E-state index < -0.39 is 0 Å². The highest BCUT2D eigenvalue weighted by atomic mass is 15.3. The summed E-state index contributed by atoms with van der Waals surface area (Å²) in [4.78, 5) is 6.99. The maximum Gasteiger partial charge on any atom is 0.154 e. The molecule has 24 heavy (non-hydrogen) atoms. The molecule has 0 unspecified atom stereocenters. The first-order chi connectivity index (χ1) is 11.7. The van der Waals surface area contributed by atoms with Gasteiger partial charge in [0.1, 0.15) is 5.52 Å². The molecule has 1 aliphatic rings. The lowest BCUT2D eigenvalue weighted by Gasteiger charge is -2.33. The lowest BCUT2D eigenvalue weighted by Crippen LogP contribution is -2.39. The molecule has 1 aromatic carbocycles. The second kappa shape index (κ2) is 6.15. The molecular weight excluding hydrogens is 298 g/mol. The molecular formula is C19H23N5. The van der Waals surface area contributed by atoms with Crippen molar-refractivity contribution in [2.75, 3.05) is 23.3 Å². The minimum atomic E-state index is 0.523. The summed E-state index contributed by atoms with van der Waals surface area (Å²) in [5.41, 5.74) is 4.64. The third-order valence-electron chi connectivity index (χ3n) is 4.68. The van der Waals surface area contributed by atoms with Gasteiger partial charge in [0.15, 0.2) is 5.82 Å². The van der Waals surface area contributed by atoms with E-state index in [-0.39, 0.29) is 0 Å². The number of hydrogen-bond donors (Lipinski definition) is 1. The molecule has 5 nitrogen and oxygen atoms in total. The van der Waals surface area contributed by atoms with E-state index in [1.165, 1.54) is 11.3 Å². The van der Waals surface area contributed by atoms with Crippen molar-refractivity contribution in [3.05, 3.63) is 54.0 Å². The summed E-state index contributed by atoms with van der Waals surface area (Å²) in [5, 5.41) is 8.16. The monoisotopic (exact) mass is 321 g/mol. The second-order valence-electron chi connectivity index (χ2n) is 6.64. The number of benzene rings is 1. The summed E-state index contributed by atoms with van der Waals surface area (Å²) in [7, 11) is 0. The molecule has 0 spiro atoms. The van der Waals surface area contributed by atoms with Crippen LogP contribution in [0.2, 0.25) is 0 Å². The summed E-state index contributed by atoms with van der Waals surface area (Å²) >= 11 is 0. The van der Waals surface area contributed by atoms with Crippen LogP contribution in [0.25, 0.3) is 5.52 Å². The van der Waals surface area contributed by atoms with Crippen molar-refractivity contribution in [2.45, 2.75) is 32.7 Å². The van der Waals surface area contributed by atoms with Crippen LogP contribution in [0.5, 0.6) is 0 Å². The Hall–Kier alpha value is -2.56. The molecule has 1 fully saturated rings. The molecule has 5 heteroatoms. The topological polar surface area (TPSA) is 45.5 Å². The molecule has 0 radical (unpaired) electrons. The molecule has 124 valence electrons. The van der Waals surface area contributed by atoms with E-state index >= 15 is 0 Å². The minimum absolute atomic E-state index is 0.523. The van der Waals surface area contributed by atoms with Crippen LogP contribution in [-0.2, 0) is 0 Å². The molecule has 2 aromatic heterocycles. The fourth-order valence-electron chi connectivity index (χ4n) is 3.48. The third-order valence-corrected chi connectivity index (χ3v) is 4.68. The predicted octanol–water partition coefficient (Wildman–Crippen LogP) is 3.43. The highest BCUT2D eigenvalue weighted by Gasteiger charge is 2.22. The normalized spacial score (nSPS) is 15.8. The SMILES string of the molecule is Cc1cccc(NC2CCN(c3nccn4nc(C)cc34)CC2)c1. The van der Waals surface area contributed by atoms with Crippen molar-refractivity contribution >= 4 is 17.0 Å². The maximum absolute atomic E-state index is 4.61. The van der Waals surface area contributed by atoms with Crippen LogP contribution in [0, 0.1) is 13.8 Å². The largest absolute Gasteiger partial charge is 0.382 e. The van der Waals surface area contributed by atoms with Gasteiger partial charge in [0.2, 0.25) is 0 Å². The van der Waals surface area contributed by atoms with E-state index in [4.69, 9.17) is 0 Å². The molecule has 1 aliphatic heterocycles. The number of rotatable bonds is 3. The summed E-state index contributed by atoms with van der Waals surface area (Å²) in [5.74, 6) is 1.05. The van der Waals surface area contributed by atoms with Gasteiger partial charge in [-0.1, -0.05) is 12.1 Å². The molecule has 0 saturated carbocycles. The van der Waals surface area contributed by atoms with Crippen LogP contribution in [0.15, 0.2) is 42.7 Å². The van der Waals surface area contributed by atoms with Crippen LogP contribution in [0.1, 0.15) is 24.1 Å². The van der Waals surface area contributed by atoms with Gasteiger partial charge in [0.25, 0.3) is 0 Å². The number of fused-ring (bicyclic) bond motifs is 1. The van der Waals surface area contributed by atoms with Crippen molar-refractivity contribution in [2.24, 2.45) is 0 Å². The number of nitrogens with zero attached hydrogens (tertiary/aromatic N) is 4. The number of anilines is 2. The number of aryl methyl sites for hydroxylation is 2. The zero-order valence-electron chi connectivity index (χ0n) is 14.2. The van der Waals surface area contributed by atoms with Gasteiger partial charge in [-0.3, -0.25) is 0 Å². The Morgan fingerprint density at radius 1 is 1.12 bits per heavy atom. The predicted molar refractivity (Wildman–Crippen MR) is 97.8 cm³/mol. The summed E-state index contributed by atoms with van der Waals surface area (Å²) in [6.07, 6.45) is 5.98. The van der Waals surface area contributed by atoms with Gasteiger partial charge in [-0.25, -0.2) is 9.50 Å². The highest BCUT2D eigenvalue weighted by Crippen LogP contribution is 2.24. The molecule has 3 aromatic rings. The fourth-order valence-corrected chi connectivity index (χ4v) is 3.48. The first-order valence-corrected chi connectivity index (χ1v) is 8.58. The molecule has 0 atom stereocenters.